The Labute approximate surface area is 263 Å². The molecule has 2 N–H and O–H groups in total. The van der Waals surface area contributed by atoms with Crippen LogP contribution < -0.4 is 15.5 Å². The lowest BCUT2D eigenvalue weighted by molar-refractivity contribution is -0.143. The molecular formula is C29H32F9N7O2. The smallest absolute Gasteiger partial charge is 0.416 e. The molecule has 1 amide bonds. The van der Waals surface area contributed by atoms with Crippen LogP contribution in [0.4, 0.5) is 55.9 Å². The Hall–Kier alpha value is -4.09. The van der Waals surface area contributed by atoms with Crippen molar-refractivity contribution < 1.29 is 49.0 Å². The maximum atomic E-state index is 14.0. The minimum absolute atomic E-state index is 0.0206. The van der Waals surface area contributed by atoms with Crippen LogP contribution in [-0.2, 0) is 36.4 Å². The lowest BCUT2D eigenvalue weighted by Crippen LogP contribution is -2.48. The van der Waals surface area contributed by atoms with Gasteiger partial charge in [-0.1, -0.05) is 12.0 Å². The van der Waals surface area contributed by atoms with Gasteiger partial charge in [-0.05, 0) is 92.4 Å². The van der Waals surface area contributed by atoms with Crippen molar-refractivity contribution in [3.05, 3.63) is 64.2 Å². The number of anilines is 2. The van der Waals surface area contributed by atoms with Crippen LogP contribution in [0, 0.1) is 0 Å². The Morgan fingerprint density at radius 2 is 1.60 bits per heavy atom. The number of carbonyl (C=O) groups excluding carboxylic acids is 1. The zero-order chi connectivity index (χ0) is 34.9. The van der Waals surface area contributed by atoms with Gasteiger partial charge in [-0.15, -0.1) is 5.10 Å². The molecule has 1 aliphatic heterocycles. The highest BCUT2D eigenvalue weighted by Gasteiger charge is 2.43. The molecule has 4 rings (SSSR count). The summed E-state index contributed by atoms with van der Waals surface area (Å²) in [5, 5.41) is 12.1. The van der Waals surface area contributed by atoms with Crippen molar-refractivity contribution in [3.8, 4) is 0 Å². The number of nitrogens with zero attached hydrogens (tertiary/aromatic N) is 6. The first-order valence-corrected chi connectivity index (χ1v) is 14.6. The maximum absolute atomic E-state index is 14.0. The van der Waals surface area contributed by atoms with E-state index in [-0.39, 0.29) is 49.2 Å². The van der Waals surface area contributed by atoms with Crippen LogP contribution in [0.15, 0.2) is 36.4 Å². The van der Waals surface area contributed by atoms with E-state index in [1.165, 1.54) is 9.80 Å². The molecule has 0 spiro atoms. The number of rotatable bonds is 9. The molecule has 18 heteroatoms. The third-order valence-electron chi connectivity index (χ3n) is 7.48. The van der Waals surface area contributed by atoms with Crippen LogP contribution in [0.3, 0.4) is 0 Å². The Morgan fingerprint density at radius 1 is 0.979 bits per heavy atom. The molecule has 3 aromatic rings. The molecule has 47 heavy (non-hydrogen) atoms. The van der Waals surface area contributed by atoms with Gasteiger partial charge >= 0.3 is 24.6 Å². The van der Waals surface area contributed by atoms with E-state index in [2.05, 4.69) is 15.4 Å². The van der Waals surface area contributed by atoms with E-state index in [4.69, 9.17) is 10.5 Å². The van der Waals surface area contributed by atoms with Crippen molar-refractivity contribution in [1.82, 2.24) is 20.2 Å². The summed E-state index contributed by atoms with van der Waals surface area (Å²) in [7, 11) is 0. The molecule has 2 aromatic carbocycles. The van der Waals surface area contributed by atoms with Crippen molar-refractivity contribution in [2.75, 3.05) is 16.3 Å². The summed E-state index contributed by atoms with van der Waals surface area (Å²) in [4.78, 5) is 16.8. The van der Waals surface area contributed by atoms with Gasteiger partial charge in [0.2, 0.25) is 0 Å². The molecule has 1 aliphatic rings. The molecule has 0 saturated heterocycles. The first-order valence-electron chi connectivity index (χ1n) is 14.6. The summed E-state index contributed by atoms with van der Waals surface area (Å²) in [6.45, 7) is 4.59. The molecule has 258 valence electrons. The molecule has 0 aliphatic carbocycles. The third-order valence-corrected chi connectivity index (χ3v) is 7.48. The highest BCUT2D eigenvalue weighted by Crippen LogP contribution is 2.46. The summed E-state index contributed by atoms with van der Waals surface area (Å²) < 4.78 is 130. The number of aryl methyl sites for hydroxylation is 1. The van der Waals surface area contributed by atoms with Crippen LogP contribution >= 0.6 is 0 Å². The fourth-order valence-corrected chi connectivity index (χ4v) is 5.36. The van der Waals surface area contributed by atoms with Gasteiger partial charge in [0.05, 0.1) is 41.1 Å². The number of hydrogen-bond donors (Lipinski definition) is 1. The fourth-order valence-electron chi connectivity index (χ4n) is 5.36. The average molecular weight is 682 g/mol. The van der Waals surface area contributed by atoms with Crippen LogP contribution in [0.2, 0.25) is 0 Å². The van der Waals surface area contributed by atoms with Crippen molar-refractivity contribution in [2.45, 2.75) is 89.8 Å². The van der Waals surface area contributed by atoms with Gasteiger partial charge in [-0.3, -0.25) is 4.90 Å². The van der Waals surface area contributed by atoms with Crippen molar-refractivity contribution in [2.24, 2.45) is 5.73 Å². The van der Waals surface area contributed by atoms with Crippen molar-refractivity contribution in [1.29, 1.82) is 0 Å². The molecule has 1 aromatic heterocycles. The summed E-state index contributed by atoms with van der Waals surface area (Å²) in [5.41, 5.74) is 0.777. The second kappa shape index (κ2) is 13.6. The van der Waals surface area contributed by atoms with E-state index in [9.17, 15) is 44.3 Å². The summed E-state index contributed by atoms with van der Waals surface area (Å²) in [6.07, 6.45) is -16.0. The van der Waals surface area contributed by atoms with Gasteiger partial charge in [-0.2, -0.15) is 44.3 Å². The van der Waals surface area contributed by atoms with Gasteiger partial charge in [0, 0.05) is 12.6 Å². The minimum Gasteiger partial charge on any atom is -0.446 e. The standard InChI is InChI=1S/C29H32F9N7O2/c1-4-21-14-24(22-13-18(27(30,31)32)6-7-23(22)45(21)26(46)47-16(2)3)43(25-40-42-44(41-25)9-5-8-39)15-17-10-19(28(33,34)35)12-20(11-17)29(36,37)38/h6-7,10-13,16,21,24H,4-5,8-9,14-15,39H2,1-3H3/t21-,24+/m1/s1. The highest BCUT2D eigenvalue weighted by atomic mass is 19.4. The quantitative estimate of drug-likeness (QED) is 0.236. The number of ether oxygens (including phenoxy) is 1. The number of nitrogens with two attached hydrogens (primary N) is 1. The van der Waals surface area contributed by atoms with Crippen molar-refractivity contribution in [3.63, 3.8) is 0 Å². The monoisotopic (exact) mass is 681 g/mol. The number of tetrazole rings is 1. The number of halogens is 9. The molecule has 9 nitrogen and oxygen atoms in total. The number of amides is 1. The van der Waals surface area contributed by atoms with Gasteiger partial charge in [-0.25, -0.2) is 4.79 Å². The number of benzene rings is 2. The Morgan fingerprint density at radius 3 is 2.13 bits per heavy atom. The first kappa shape index (κ1) is 35.8. The summed E-state index contributed by atoms with van der Waals surface area (Å²) in [6, 6.07) is 1.81. The normalized spacial score (nSPS) is 17.2. The van der Waals surface area contributed by atoms with Gasteiger partial charge in [0.25, 0.3) is 5.95 Å². The Kier molecular flexibility index (Phi) is 10.3. The number of aromatic nitrogens is 4. The van der Waals surface area contributed by atoms with E-state index in [1.54, 1.807) is 20.8 Å². The topological polar surface area (TPSA) is 102 Å². The largest absolute Gasteiger partial charge is 0.446 e. The summed E-state index contributed by atoms with van der Waals surface area (Å²) in [5.74, 6) is -0.269. The average Bonchev–Trinajstić information content (AvgIpc) is 3.44. The Balaban J connectivity index is 1.94. The van der Waals surface area contributed by atoms with E-state index in [1.807, 2.05) is 0 Å². The van der Waals surface area contributed by atoms with E-state index in [0.717, 1.165) is 23.0 Å². The molecule has 0 bridgehead atoms. The fraction of sp³-hybridized carbons (Fsp3) is 0.517. The lowest BCUT2D eigenvalue weighted by Gasteiger charge is -2.44. The van der Waals surface area contributed by atoms with Gasteiger partial charge < -0.3 is 15.4 Å². The van der Waals surface area contributed by atoms with E-state index in [0.29, 0.717) is 18.6 Å². The van der Waals surface area contributed by atoms with Crippen LogP contribution in [-0.4, -0.2) is 45.0 Å². The lowest BCUT2D eigenvalue weighted by atomic mass is 9.87. The number of alkyl halides is 9. The predicted octanol–water partition coefficient (Wildman–Crippen LogP) is 7.36. The van der Waals surface area contributed by atoms with Crippen LogP contribution in [0.5, 0.6) is 0 Å². The predicted molar refractivity (Wildman–Crippen MR) is 151 cm³/mol. The molecule has 2 atom stereocenters. The highest BCUT2D eigenvalue weighted by molar-refractivity contribution is 5.90. The Bertz CT molecular complexity index is 1520. The second-order valence-corrected chi connectivity index (χ2v) is 11.3. The zero-order valence-corrected chi connectivity index (χ0v) is 25.4. The molecule has 0 saturated carbocycles. The molecular weight excluding hydrogens is 649 g/mol. The third kappa shape index (κ3) is 8.26. The number of carbonyl (C=O) groups is 1. The van der Waals surface area contributed by atoms with Crippen LogP contribution in [0.25, 0.3) is 0 Å². The van der Waals surface area contributed by atoms with Crippen LogP contribution in [0.1, 0.15) is 73.9 Å². The van der Waals surface area contributed by atoms with E-state index >= 15 is 0 Å². The molecule has 2 heterocycles. The molecule has 0 fully saturated rings. The maximum Gasteiger partial charge on any atom is 0.416 e. The zero-order valence-electron chi connectivity index (χ0n) is 25.4. The van der Waals surface area contributed by atoms with Gasteiger partial charge in [0.1, 0.15) is 0 Å². The molecule has 0 radical (unpaired) electrons. The molecule has 0 unspecified atom stereocenters. The first-order chi connectivity index (χ1) is 21.8. The minimum atomic E-state index is -5.14. The SMILES string of the molecule is CC[C@@H]1C[C@H](N(Cc2cc(C(F)(F)F)cc(C(F)(F)F)c2)c2nnn(CCCN)n2)c2cc(C(F)(F)F)ccc2N1C(=O)OC(C)C. The van der Waals surface area contributed by atoms with Gasteiger partial charge in [0.15, 0.2) is 0 Å². The number of fused-ring (bicyclic) bond motifs is 1. The number of hydrogen-bond acceptors (Lipinski definition) is 7. The van der Waals surface area contributed by atoms with Crippen molar-refractivity contribution >= 4 is 17.7 Å². The van der Waals surface area contributed by atoms with E-state index < -0.39 is 71.6 Å². The summed E-state index contributed by atoms with van der Waals surface area (Å²) >= 11 is 0. The second-order valence-electron chi connectivity index (χ2n) is 11.3.